The second-order valence-corrected chi connectivity index (χ2v) is 9.24. The minimum atomic E-state index is -0.543. The Hall–Kier alpha value is -2.84. The molecular weight excluding hydrogens is 478 g/mol. The molecule has 0 bridgehead atoms. The van der Waals surface area contributed by atoms with E-state index in [9.17, 15) is 19.2 Å². The molecule has 1 aliphatic heterocycles. The van der Waals surface area contributed by atoms with Crippen molar-refractivity contribution < 1.29 is 29.0 Å². The van der Waals surface area contributed by atoms with Crippen LogP contribution in [0, 0.1) is 17.8 Å². The van der Waals surface area contributed by atoms with Crippen LogP contribution in [-0.4, -0.2) is 41.7 Å². The van der Waals surface area contributed by atoms with Gasteiger partial charge in [-0.3, -0.25) is 24.5 Å². The smallest absolute Gasteiger partial charge is 0.231 e. The summed E-state index contributed by atoms with van der Waals surface area (Å²) in [5.74, 6) is -2.28. The number of carbonyl (C=O) groups excluding carboxylic acids is 4. The van der Waals surface area contributed by atoms with Crippen molar-refractivity contribution in [3.05, 3.63) is 63.2 Å². The number of benzene rings is 1. The Morgan fingerprint density at radius 1 is 1.06 bits per heavy atom. The van der Waals surface area contributed by atoms with Gasteiger partial charge in [-0.15, -0.1) is 0 Å². The van der Waals surface area contributed by atoms with Crippen molar-refractivity contribution in [1.29, 1.82) is 0 Å². The third-order valence-electron chi connectivity index (χ3n) is 6.75. The standard InChI is InChI=1S/C24H20BrNO6/c25-17-10-18(28)21-16(22(17)29)9-15-13(5-6-14-20(15)24(31)26-23(14)30)19(21)11-1-3-12(4-2-11)32-8-7-27/h1-5,10,14-15,19-20,27H,6-9H2,(H,26,30,31)/t14-,15+,19-,20-/m0/s1. The van der Waals surface area contributed by atoms with Crippen molar-refractivity contribution in [2.45, 2.75) is 18.8 Å². The molecule has 5 rings (SSSR count). The number of ketones is 2. The zero-order valence-corrected chi connectivity index (χ0v) is 18.6. The van der Waals surface area contributed by atoms with E-state index in [1.165, 1.54) is 6.08 Å². The van der Waals surface area contributed by atoms with Crippen LogP contribution in [0.3, 0.4) is 0 Å². The number of imide groups is 1. The molecular formula is C24H20BrNO6. The molecule has 0 aromatic heterocycles. The highest BCUT2D eigenvalue weighted by Crippen LogP contribution is 2.54. The van der Waals surface area contributed by atoms with Crippen LogP contribution in [0.15, 0.2) is 57.6 Å². The number of fused-ring (bicyclic) bond motifs is 3. The number of hydrogen-bond donors (Lipinski definition) is 2. The Morgan fingerprint density at radius 3 is 2.53 bits per heavy atom. The van der Waals surface area contributed by atoms with E-state index in [4.69, 9.17) is 9.84 Å². The highest BCUT2D eigenvalue weighted by molar-refractivity contribution is 9.12. The van der Waals surface area contributed by atoms with Crippen molar-refractivity contribution >= 4 is 39.3 Å². The molecule has 2 N–H and O–H groups in total. The molecule has 1 heterocycles. The summed E-state index contributed by atoms with van der Waals surface area (Å²) in [6.45, 7) is 0.0691. The largest absolute Gasteiger partial charge is 0.491 e. The topological polar surface area (TPSA) is 110 Å². The molecule has 0 saturated carbocycles. The van der Waals surface area contributed by atoms with Gasteiger partial charge in [-0.25, -0.2) is 0 Å². The number of aliphatic hydroxyl groups is 1. The molecule has 32 heavy (non-hydrogen) atoms. The average molecular weight is 498 g/mol. The summed E-state index contributed by atoms with van der Waals surface area (Å²) < 4.78 is 5.65. The number of hydrogen-bond acceptors (Lipinski definition) is 6. The Labute approximate surface area is 192 Å². The Morgan fingerprint density at radius 2 is 1.81 bits per heavy atom. The molecule has 7 nitrogen and oxygen atoms in total. The lowest BCUT2D eigenvalue weighted by Crippen LogP contribution is -2.39. The van der Waals surface area contributed by atoms with E-state index >= 15 is 0 Å². The van der Waals surface area contributed by atoms with Gasteiger partial charge in [-0.1, -0.05) is 23.8 Å². The van der Waals surface area contributed by atoms with E-state index in [0.29, 0.717) is 23.3 Å². The zero-order valence-electron chi connectivity index (χ0n) is 17.0. The molecule has 0 unspecified atom stereocenters. The molecule has 3 aliphatic carbocycles. The van der Waals surface area contributed by atoms with Gasteiger partial charge in [-0.2, -0.15) is 0 Å². The fraction of sp³-hybridized carbons (Fsp3) is 0.333. The van der Waals surface area contributed by atoms with Crippen LogP contribution < -0.4 is 10.1 Å². The SMILES string of the molecule is O=C1C=C(Br)C(=O)C2=C1[C@@H](c1ccc(OCCO)cc1)C1=CC[C@@H]3C(=O)NC(=O)[C@@H]3[C@@H]1C2. The molecule has 1 fully saturated rings. The average Bonchev–Trinajstić information content (AvgIpc) is 3.08. The van der Waals surface area contributed by atoms with Crippen LogP contribution in [0.1, 0.15) is 24.3 Å². The minimum Gasteiger partial charge on any atom is -0.491 e. The zero-order chi connectivity index (χ0) is 22.6. The molecule has 1 aromatic rings. The Bertz CT molecular complexity index is 1150. The van der Waals surface area contributed by atoms with Crippen LogP contribution in [-0.2, 0) is 19.2 Å². The number of nitrogens with one attached hydrogen (secondary N) is 1. The third-order valence-corrected chi connectivity index (χ3v) is 7.34. The van der Waals surface area contributed by atoms with Crippen LogP contribution in [0.25, 0.3) is 0 Å². The fourth-order valence-electron chi connectivity index (χ4n) is 5.42. The first-order valence-corrected chi connectivity index (χ1v) is 11.3. The second-order valence-electron chi connectivity index (χ2n) is 8.39. The van der Waals surface area contributed by atoms with Gasteiger partial charge in [0.15, 0.2) is 11.6 Å². The van der Waals surface area contributed by atoms with Crippen molar-refractivity contribution in [3.8, 4) is 5.75 Å². The van der Waals surface area contributed by atoms with Gasteiger partial charge in [0.05, 0.1) is 22.9 Å². The summed E-state index contributed by atoms with van der Waals surface area (Å²) in [5.41, 5.74) is 2.56. The lowest BCUT2D eigenvalue weighted by molar-refractivity contribution is -0.126. The molecule has 0 radical (unpaired) electrons. The van der Waals surface area contributed by atoms with Gasteiger partial charge in [0, 0.05) is 23.1 Å². The molecule has 4 aliphatic rings. The van der Waals surface area contributed by atoms with E-state index in [1.807, 2.05) is 18.2 Å². The van der Waals surface area contributed by atoms with Crippen molar-refractivity contribution in [1.82, 2.24) is 5.32 Å². The van der Waals surface area contributed by atoms with Gasteiger partial charge in [0.25, 0.3) is 0 Å². The van der Waals surface area contributed by atoms with Gasteiger partial charge in [0.2, 0.25) is 11.8 Å². The Kier molecular flexibility index (Phi) is 5.22. The normalized spacial score (nSPS) is 29.1. The van der Waals surface area contributed by atoms with Crippen LogP contribution >= 0.6 is 15.9 Å². The van der Waals surface area contributed by atoms with Crippen molar-refractivity contribution in [2.24, 2.45) is 17.8 Å². The van der Waals surface area contributed by atoms with Gasteiger partial charge < -0.3 is 9.84 Å². The summed E-state index contributed by atoms with van der Waals surface area (Å²) in [6.07, 6.45) is 3.96. The molecule has 8 heteroatoms. The number of ether oxygens (including phenoxy) is 1. The van der Waals surface area contributed by atoms with E-state index in [-0.39, 0.29) is 53.4 Å². The molecule has 2 amide bonds. The number of aliphatic hydroxyl groups excluding tert-OH is 1. The van der Waals surface area contributed by atoms with E-state index < -0.39 is 17.8 Å². The van der Waals surface area contributed by atoms with Crippen LogP contribution in [0.4, 0.5) is 0 Å². The van der Waals surface area contributed by atoms with E-state index in [2.05, 4.69) is 21.2 Å². The maximum absolute atomic E-state index is 13.1. The van der Waals surface area contributed by atoms with Gasteiger partial charge >= 0.3 is 0 Å². The highest BCUT2D eigenvalue weighted by Gasteiger charge is 2.53. The second kappa shape index (κ2) is 7.94. The summed E-state index contributed by atoms with van der Waals surface area (Å²) in [6, 6.07) is 7.19. The first-order chi connectivity index (χ1) is 15.4. The number of amides is 2. The number of allylic oxidation sites excluding steroid dienone is 6. The number of rotatable bonds is 4. The van der Waals surface area contributed by atoms with Crippen LogP contribution in [0.5, 0.6) is 5.75 Å². The maximum Gasteiger partial charge on any atom is 0.231 e. The molecule has 1 aromatic carbocycles. The molecule has 0 spiro atoms. The first kappa shape index (κ1) is 21.0. The van der Waals surface area contributed by atoms with E-state index in [0.717, 1.165) is 11.1 Å². The third kappa shape index (κ3) is 3.20. The maximum atomic E-state index is 13.1. The predicted molar refractivity (Wildman–Crippen MR) is 117 cm³/mol. The van der Waals surface area contributed by atoms with Gasteiger partial charge in [-0.05, 0) is 52.4 Å². The summed E-state index contributed by atoms with van der Waals surface area (Å²) in [5, 5.41) is 11.4. The summed E-state index contributed by atoms with van der Waals surface area (Å²) in [7, 11) is 0. The van der Waals surface area contributed by atoms with Gasteiger partial charge in [0.1, 0.15) is 12.4 Å². The number of Topliss-reactive ketones (excluding diaryl/α,β-unsaturated/α-hetero) is 1. The Balaban J connectivity index is 1.63. The summed E-state index contributed by atoms with van der Waals surface area (Å²) in [4.78, 5) is 51.0. The number of carbonyl (C=O) groups is 4. The summed E-state index contributed by atoms with van der Waals surface area (Å²) >= 11 is 3.20. The lowest BCUT2D eigenvalue weighted by Gasteiger charge is -2.42. The van der Waals surface area contributed by atoms with E-state index in [1.54, 1.807) is 12.1 Å². The highest BCUT2D eigenvalue weighted by atomic mass is 79.9. The minimum absolute atomic E-state index is 0.101. The van der Waals surface area contributed by atoms with Crippen molar-refractivity contribution in [3.63, 3.8) is 0 Å². The monoisotopic (exact) mass is 497 g/mol. The van der Waals surface area contributed by atoms with Crippen molar-refractivity contribution in [2.75, 3.05) is 13.2 Å². The van der Waals surface area contributed by atoms with Crippen LogP contribution in [0.2, 0.25) is 0 Å². The molecule has 164 valence electrons. The predicted octanol–water partition coefficient (Wildman–Crippen LogP) is 2.11. The lowest BCUT2D eigenvalue weighted by atomic mass is 9.59. The molecule has 1 saturated heterocycles. The number of halogens is 1. The quantitative estimate of drug-likeness (QED) is 0.374. The first-order valence-electron chi connectivity index (χ1n) is 10.5. The fourth-order valence-corrected chi connectivity index (χ4v) is 5.86. The molecule has 4 atom stereocenters.